The predicted octanol–water partition coefficient (Wildman–Crippen LogP) is 4.82. The molecule has 0 amide bonds. The van der Waals surface area contributed by atoms with Crippen LogP contribution in [0, 0.1) is 6.92 Å². The molecule has 21 heavy (non-hydrogen) atoms. The van der Waals surface area contributed by atoms with Crippen molar-refractivity contribution in [3.05, 3.63) is 59.1 Å². The average Bonchev–Trinajstić information content (AvgIpc) is 2.98. The summed E-state index contributed by atoms with van der Waals surface area (Å²) in [4.78, 5) is 8.97. The van der Waals surface area contributed by atoms with Gasteiger partial charge in [-0.3, -0.25) is 0 Å². The van der Waals surface area contributed by atoms with Crippen molar-refractivity contribution in [2.24, 2.45) is 0 Å². The van der Waals surface area contributed by atoms with Crippen molar-refractivity contribution < 1.29 is 0 Å². The van der Waals surface area contributed by atoms with Crippen LogP contribution in [0.3, 0.4) is 0 Å². The number of benzene rings is 1. The van der Waals surface area contributed by atoms with Crippen molar-refractivity contribution in [3.8, 4) is 11.3 Å². The third-order valence-electron chi connectivity index (χ3n) is 3.40. The molecular weight excluding hydrogens is 278 g/mol. The summed E-state index contributed by atoms with van der Waals surface area (Å²) < 4.78 is 0. The number of aromatic nitrogens is 2. The highest BCUT2D eigenvalue weighted by Gasteiger charge is 2.06. The zero-order valence-corrected chi connectivity index (χ0v) is 12.9. The van der Waals surface area contributed by atoms with Crippen LogP contribution in [-0.4, -0.2) is 9.97 Å². The zero-order chi connectivity index (χ0) is 14.7. The second kappa shape index (κ2) is 6.06. The van der Waals surface area contributed by atoms with E-state index in [1.165, 1.54) is 5.56 Å². The Morgan fingerprint density at radius 2 is 1.95 bits per heavy atom. The number of anilines is 2. The smallest absolute Gasteiger partial charge is 0.188 e. The largest absolute Gasteiger partial charge is 0.316 e. The zero-order valence-electron chi connectivity index (χ0n) is 12.1. The normalized spacial score (nSPS) is 10.6. The molecule has 106 valence electrons. The molecule has 0 saturated heterocycles. The van der Waals surface area contributed by atoms with Crippen LogP contribution in [0.1, 0.15) is 18.1 Å². The predicted molar refractivity (Wildman–Crippen MR) is 89.2 cm³/mol. The number of aryl methyl sites for hydroxylation is 2. The fourth-order valence-electron chi connectivity index (χ4n) is 2.09. The van der Waals surface area contributed by atoms with Crippen LogP contribution >= 0.6 is 11.3 Å². The van der Waals surface area contributed by atoms with E-state index in [0.717, 1.165) is 34.2 Å². The van der Waals surface area contributed by atoms with Gasteiger partial charge in [0.15, 0.2) is 5.13 Å². The van der Waals surface area contributed by atoms with E-state index in [1.54, 1.807) is 17.5 Å². The number of pyridine rings is 1. The molecule has 2 heterocycles. The van der Waals surface area contributed by atoms with Gasteiger partial charge in [-0.05, 0) is 30.5 Å². The van der Waals surface area contributed by atoms with Gasteiger partial charge in [0.1, 0.15) is 5.82 Å². The molecule has 0 aliphatic heterocycles. The molecule has 3 aromatic rings. The van der Waals surface area contributed by atoms with Gasteiger partial charge < -0.3 is 5.32 Å². The number of hydrogen-bond donors (Lipinski definition) is 1. The molecule has 2 aromatic heterocycles. The monoisotopic (exact) mass is 295 g/mol. The Bertz CT molecular complexity index is 732. The number of rotatable bonds is 4. The maximum atomic E-state index is 4.64. The first kappa shape index (κ1) is 13.8. The third-order valence-corrected chi connectivity index (χ3v) is 4.15. The highest BCUT2D eigenvalue weighted by molar-refractivity contribution is 7.14. The van der Waals surface area contributed by atoms with Gasteiger partial charge in [-0.15, -0.1) is 11.3 Å². The first-order chi connectivity index (χ1) is 10.3. The van der Waals surface area contributed by atoms with Crippen molar-refractivity contribution >= 4 is 22.3 Å². The van der Waals surface area contributed by atoms with Gasteiger partial charge in [0.25, 0.3) is 0 Å². The Kier molecular flexibility index (Phi) is 3.97. The SMILES string of the molecule is CCc1ccc(-c2csc(Nc3ncccc3C)n2)cc1. The van der Waals surface area contributed by atoms with Crippen LogP contribution < -0.4 is 5.32 Å². The van der Waals surface area contributed by atoms with E-state index in [0.29, 0.717) is 0 Å². The van der Waals surface area contributed by atoms with Gasteiger partial charge >= 0.3 is 0 Å². The van der Waals surface area contributed by atoms with Crippen LogP contribution in [0.25, 0.3) is 11.3 Å². The van der Waals surface area contributed by atoms with Gasteiger partial charge in [-0.2, -0.15) is 0 Å². The highest BCUT2D eigenvalue weighted by Crippen LogP contribution is 2.27. The number of nitrogens with one attached hydrogen (secondary N) is 1. The molecule has 3 rings (SSSR count). The van der Waals surface area contributed by atoms with Crippen LogP contribution in [0.5, 0.6) is 0 Å². The van der Waals surface area contributed by atoms with Crippen LogP contribution in [0.15, 0.2) is 48.0 Å². The van der Waals surface area contributed by atoms with E-state index in [1.807, 2.05) is 19.1 Å². The standard InChI is InChI=1S/C17H17N3S/c1-3-13-6-8-14(9-7-13)15-11-21-17(19-15)20-16-12(2)5-4-10-18-16/h4-11H,3H2,1-2H3,(H,18,19,20). The molecule has 0 fully saturated rings. The van der Waals surface area contributed by atoms with E-state index in [2.05, 4.69) is 51.9 Å². The lowest BCUT2D eigenvalue weighted by Gasteiger charge is -2.04. The fraction of sp³-hybridized carbons (Fsp3) is 0.176. The number of thiazole rings is 1. The Morgan fingerprint density at radius 3 is 2.67 bits per heavy atom. The Balaban J connectivity index is 1.81. The van der Waals surface area contributed by atoms with Gasteiger partial charge in [-0.25, -0.2) is 9.97 Å². The summed E-state index contributed by atoms with van der Waals surface area (Å²) in [5.41, 5.74) is 4.60. The molecule has 3 nitrogen and oxygen atoms in total. The molecule has 0 saturated carbocycles. The minimum absolute atomic E-state index is 0.861. The van der Waals surface area contributed by atoms with Gasteiger partial charge in [-0.1, -0.05) is 37.3 Å². The molecular formula is C17H17N3S. The molecule has 0 spiro atoms. The van der Waals surface area contributed by atoms with Crippen LogP contribution in [-0.2, 0) is 6.42 Å². The third kappa shape index (κ3) is 3.11. The van der Waals surface area contributed by atoms with Gasteiger partial charge in [0, 0.05) is 17.1 Å². The summed E-state index contributed by atoms with van der Waals surface area (Å²) >= 11 is 1.60. The first-order valence-electron chi connectivity index (χ1n) is 6.99. The van der Waals surface area contributed by atoms with Gasteiger partial charge in [0.2, 0.25) is 0 Å². The first-order valence-corrected chi connectivity index (χ1v) is 7.87. The Labute approximate surface area is 128 Å². The van der Waals surface area contributed by atoms with E-state index >= 15 is 0 Å². The van der Waals surface area contributed by atoms with Crippen molar-refractivity contribution in [1.29, 1.82) is 0 Å². The molecule has 1 N–H and O–H groups in total. The van der Waals surface area contributed by atoms with Crippen molar-refractivity contribution in [2.75, 3.05) is 5.32 Å². The maximum absolute atomic E-state index is 4.64. The minimum atomic E-state index is 0.861. The molecule has 0 aliphatic rings. The summed E-state index contributed by atoms with van der Waals surface area (Å²) in [7, 11) is 0. The lowest BCUT2D eigenvalue weighted by Crippen LogP contribution is -1.95. The Morgan fingerprint density at radius 1 is 1.14 bits per heavy atom. The second-order valence-corrected chi connectivity index (χ2v) is 5.74. The average molecular weight is 295 g/mol. The van der Waals surface area contributed by atoms with E-state index in [9.17, 15) is 0 Å². The Hall–Kier alpha value is -2.20. The van der Waals surface area contributed by atoms with Crippen LogP contribution in [0.4, 0.5) is 10.9 Å². The van der Waals surface area contributed by atoms with E-state index in [4.69, 9.17) is 0 Å². The molecule has 0 bridgehead atoms. The molecule has 0 unspecified atom stereocenters. The molecule has 0 aliphatic carbocycles. The lowest BCUT2D eigenvalue weighted by atomic mass is 10.1. The summed E-state index contributed by atoms with van der Waals surface area (Å²) in [6, 6.07) is 12.5. The fourth-order valence-corrected chi connectivity index (χ4v) is 2.81. The van der Waals surface area contributed by atoms with Gasteiger partial charge in [0.05, 0.1) is 5.69 Å². The number of nitrogens with zero attached hydrogens (tertiary/aromatic N) is 2. The maximum Gasteiger partial charge on any atom is 0.188 e. The van der Waals surface area contributed by atoms with Crippen molar-refractivity contribution in [3.63, 3.8) is 0 Å². The van der Waals surface area contributed by atoms with E-state index in [-0.39, 0.29) is 0 Å². The summed E-state index contributed by atoms with van der Waals surface area (Å²) in [6.45, 7) is 4.20. The quantitative estimate of drug-likeness (QED) is 0.750. The van der Waals surface area contributed by atoms with Crippen molar-refractivity contribution in [2.45, 2.75) is 20.3 Å². The number of hydrogen-bond acceptors (Lipinski definition) is 4. The minimum Gasteiger partial charge on any atom is -0.316 e. The summed E-state index contributed by atoms with van der Waals surface area (Å²) in [5.74, 6) is 0.861. The summed E-state index contributed by atoms with van der Waals surface area (Å²) in [5, 5.41) is 6.22. The molecule has 0 radical (unpaired) electrons. The second-order valence-electron chi connectivity index (χ2n) is 4.88. The van der Waals surface area contributed by atoms with Crippen molar-refractivity contribution in [1.82, 2.24) is 9.97 Å². The lowest BCUT2D eigenvalue weighted by molar-refractivity contribution is 1.14. The van der Waals surface area contributed by atoms with E-state index < -0.39 is 0 Å². The summed E-state index contributed by atoms with van der Waals surface area (Å²) in [6.07, 6.45) is 2.84. The molecule has 0 atom stereocenters. The highest BCUT2D eigenvalue weighted by atomic mass is 32.1. The molecule has 4 heteroatoms. The molecule has 1 aromatic carbocycles. The van der Waals surface area contributed by atoms with Crippen LogP contribution in [0.2, 0.25) is 0 Å². The topological polar surface area (TPSA) is 37.8 Å².